The van der Waals surface area contributed by atoms with Gasteiger partial charge in [0.25, 0.3) is 5.91 Å². The van der Waals surface area contributed by atoms with Crippen molar-refractivity contribution in [3.63, 3.8) is 0 Å². The third-order valence-electron chi connectivity index (χ3n) is 3.31. The van der Waals surface area contributed by atoms with Gasteiger partial charge in [0.15, 0.2) is 18.1 Å². The number of hydrogen-bond donors (Lipinski definition) is 1. The number of rotatable bonds is 6. The molecule has 122 valence electrons. The van der Waals surface area contributed by atoms with Gasteiger partial charge in [0, 0.05) is 0 Å². The second-order valence-corrected chi connectivity index (χ2v) is 5.19. The van der Waals surface area contributed by atoms with Crippen LogP contribution in [0.5, 0.6) is 17.2 Å². The van der Waals surface area contributed by atoms with Crippen molar-refractivity contribution in [3.05, 3.63) is 47.5 Å². The summed E-state index contributed by atoms with van der Waals surface area (Å²) in [5.41, 5.74) is 2.71. The van der Waals surface area contributed by atoms with E-state index in [0.29, 0.717) is 22.9 Å². The number of methoxy groups -OCH3 is 2. The highest BCUT2D eigenvalue weighted by Gasteiger charge is 2.10. The van der Waals surface area contributed by atoms with Gasteiger partial charge in [-0.05, 0) is 49.2 Å². The lowest BCUT2D eigenvalue weighted by molar-refractivity contribution is -0.118. The Labute approximate surface area is 136 Å². The summed E-state index contributed by atoms with van der Waals surface area (Å²) < 4.78 is 16.0. The van der Waals surface area contributed by atoms with E-state index in [2.05, 4.69) is 5.32 Å². The van der Waals surface area contributed by atoms with Crippen LogP contribution in [0.4, 0.5) is 5.69 Å². The Morgan fingerprint density at radius 3 is 2.17 bits per heavy atom. The smallest absolute Gasteiger partial charge is 0.262 e. The van der Waals surface area contributed by atoms with Crippen LogP contribution in [-0.2, 0) is 4.79 Å². The molecule has 2 rings (SSSR count). The summed E-state index contributed by atoms with van der Waals surface area (Å²) in [6.07, 6.45) is 0. The first-order valence-corrected chi connectivity index (χ1v) is 7.25. The summed E-state index contributed by atoms with van der Waals surface area (Å²) in [7, 11) is 3.13. The zero-order valence-electron chi connectivity index (χ0n) is 13.8. The topological polar surface area (TPSA) is 56.8 Å². The minimum absolute atomic E-state index is 0.115. The van der Waals surface area contributed by atoms with Gasteiger partial charge in [-0.15, -0.1) is 0 Å². The summed E-state index contributed by atoms with van der Waals surface area (Å²) in [5.74, 6) is 1.48. The molecule has 0 saturated heterocycles. The standard InChI is InChI=1S/C18H21NO4/c1-12-5-7-15(21-3)14(9-12)19-18(20)11-23-16-8-6-13(2)10-17(16)22-4/h5-10H,11H2,1-4H3,(H,19,20). The van der Waals surface area contributed by atoms with Crippen LogP contribution in [0.25, 0.3) is 0 Å². The molecule has 0 fully saturated rings. The Kier molecular flexibility index (Phi) is 5.46. The number of amides is 1. The number of benzene rings is 2. The second-order valence-electron chi connectivity index (χ2n) is 5.19. The van der Waals surface area contributed by atoms with E-state index in [-0.39, 0.29) is 12.5 Å². The number of ether oxygens (including phenoxy) is 3. The number of carbonyl (C=O) groups excluding carboxylic acids is 1. The maximum atomic E-state index is 12.1. The molecular weight excluding hydrogens is 294 g/mol. The summed E-state index contributed by atoms with van der Waals surface area (Å²) in [6, 6.07) is 11.1. The van der Waals surface area contributed by atoms with Crippen molar-refractivity contribution in [1.29, 1.82) is 0 Å². The molecule has 1 N–H and O–H groups in total. The zero-order valence-corrected chi connectivity index (χ0v) is 13.8. The Morgan fingerprint density at radius 2 is 1.52 bits per heavy atom. The van der Waals surface area contributed by atoms with Gasteiger partial charge in [-0.2, -0.15) is 0 Å². The summed E-state index contributed by atoms with van der Waals surface area (Å²) in [6.45, 7) is 3.79. The molecule has 0 radical (unpaired) electrons. The molecule has 0 unspecified atom stereocenters. The third-order valence-corrected chi connectivity index (χ3v) is 3.31. The first-order chi connectivity index (χ1) is 11.0. The molecule has 5 nitrogen and oxygen atoms in total. The van der Waals surface area contributed by atoms with Gasteiger partial charge >= 0.3 is 0 Å². The van der Waals surface area contributed by atoms with Gasteiger partial charge < -0.3 is 19.5 Å². The fraction of sp³-hybridized carbons (Fsp3) is 0.278. The third kappa shape index (κ3) is 4.39. The molecule has 5 heteroatoms. The Balaban J connectivity index is 2.02. The maximum absolute atomic E-state index is 12.1. The maximum Gasteiger partial charge on any atom is 0.262 e. The van der Waals surface area contributed by atoms with E-state index < -0.39 is 0 Å². The molecule has 0 saturated carbocycles. The van der Waals surface area contributed by atoms with Crippen LogP contribution in [0.15, 0.2) is 36.4 Å². The predicted molar refractivity (Wildman–Crippen MR) is 89.6 cm³/mol. The lowest BCUT2D eigenvalue weighted by atomic mass is 10.2. The lowest BCUT2D eigenvalue weighted by Gasteiger charge is -2.13. The van der Waals surface area contributed by atoms with Crippen LogP contribution in [0, 0.1) is 13.8 Å². The van der Waals surface area contributed by atoms with Crippen LogP contribution in [0.3, 0.4) is 0 Å². The largest absolute Gasteiger partial charge is 0.495 e. The summed E-state index contributed by atoms with van der Waals surface area (Å²) in [5, 5.41) is 2.79. The van der Waals surface area contributed by atoms with Gasteiger partial charge in [-0.3, -0.25) is 4.79 Å². The van der Waals surface area contributed by atoms with Gasteiger partial charge in [0.1, 0.15) is 5.75 Å². The van der Waals surface area contributed by atoms with E-state index in [4.69, 9.17) is 14.2 Å². The van der Waals surface area contributed by atoms with Crippen molar-refractivity contribution < 1.29 is 19.0 Å². The number of nitrogens with one attached hydrogen (secondary N) is 1. The fourth-order valence-electron chi connectivity index (χ4n) is 2.14. The number of anilines is 1. The van der Waals surface area contributed by atoms with E-state index in [0.717, 1.165) is 11.1 Å². The molecule has 2 aromatic rings. The molecule has 2 aromatic carbocycles. The van der Waals surface area contributed by atoms with Gasteiger partial charge in [-0.25, -0.2) is 0 Å². The molecule has 0 aliphatic heterocycles. The van der Waals surface area contributed by atoms with E-state index in [9.17, 15) is 4.79 Å². The van der Waals surface area contributed by atoms with Gasteiger partial charge in [0.2, 0.25) is 0 Å². The summed E-state index contributed by atoms with van der Waals surface area (Å²) in [4.78, 5) is 12.1. The average molecular weight is 315 g/mol. The molecule has 0 heterocycles. The minimum Gasteiger partial charge on any atom is -0.495 e. The molecule has 0 aliphatic carbocycles. The molecule has 1 amide bonds. The van der Waals surface area contributed by atoms with E-state index >= 15 is 0 Å². The lowest BCUT2D eigenvalue weighted by Crippen LogP contribution is -2.20. The van der Waals surface area contributed by atoms with Crippen molar-refractivity contribution in [2.45, 2.75) is 13.8 Å². The quantitative estimate of drug-likeness (QED) is 0.888. The Morgan fingerprint density at radius 1 is 0.913 bits per heavy atom. The molecule has 0 atom stereocenters. The highest BCUT2D eigenvalue weighted by Crippen LogP contribution is 2.28. The minimum atomic E-state index is -0.267. The number of hydrogen-bond acceptors (Lipinski definition) is 4. The highest BCUT2D eigenvalue weighted by atomic mass is 16.5. The Bertz CT molecular complexity index is 697. The molecule has 0 aliphatic rings. The van der Waals surface area contributed by atoms with E-state index in [1.165, 1.54) is 0 Å². The first-order valence-electron chi connectivity index (χ1n) is 7.25. The molecular formula is C18H21NO4. The second kappa shape index (κ2) is 7.54. The van der Waals surface area contributed by atoms with Crippen LogP contribution in [0.1, 0.15) is 11.1 Å². The van der Waals surface area contributed by atoms with Crippen LogP contribution in [0.2, 0.25) is 0 Å². The van der Waals surface area contributed by atoms with Crippen molar-refractivity contribution in [2.75, 3.05) is 26.1 Å². The average Bonchev–Trinajstić information content (AvgIpc) is 2.53. The SMILES string of the molecule is COc1ccc(C)cc1NC(=O)COc1ccc(C)cc1OC. The normalized spacial score (nSPS) is 10.1. The van der Waals surface area contributed by atoms with E-state index in [1.54, 1.807) is 20.3 Å². The fourth-order valence-corrected chi connectivity index (χ4v) is 2.14. The van der Waals surface area contributed by atoms with Crippen molar-refractivity contribution >= 4 is 11.6 Å². The molecule has 0 aromatic heterocycles. The predicted octanol–water partition coefficient (Wildman–Crippen LogP) is 3.34. The molecule has 23 heavy (non-hydrogen) atoms. The monoisotopic (exact) mass is 315 g/mol. The molecule has 0 spiro atoms. The first kappa shape index (κ1) is 16.7. The van der Waals surface area contributed by atoms with Crippen LogP contribution >= 0.6 is 0 Å². The van der Waals surface area contributed by atoms with Gasteiger partial charge in [-0.1, -0.05) is 12.1 Å². The Hall–Kier alpha value is -2.69. The van der Waals surface area contributed by atoms with E-state index in [1.807, 2.05) is 44.2 Å². The van der Waals surface area contributed by atoms with Crippen molar-refractivity contribution in [2.24, 2.45) is 0 Å². The highest BCUT2D eigenvalue weighted by molar-refractivity contribution is 5.93. The van der Waals surface area contributed by atoms with Crippen LogP contribution in [-0.4, -0.2) is 26.7 Å². The van der Waals surface area contributed by atoms with Gasteiger partial charge in [0.05, 0.1) is 19.9 Å². The summed E-state index contributed by atoms with van der Waals surface area (Å²) >= 11 is 0. The van der Waals surface area contributed by atoms with Crippen molar-refractivity contribution in [3.8, 4) is 17.2 Å². The van der Waals surface area contributed by atoms with Crippen molar-refractivity contribution in [1.82, 2.24) is 0 Å². The molecule has 0 bridgehead atoms. The van der Waals surface area contributed by atoms with Crippen LogP contribution < -0.4 is 19.5 Å². The zero-order chi connectivity index (χ0) is 16.8. The number of carbonyl (C=O) groups is 1. The number of aryl methyl sites for hydroxylation is 2.